The Bertz CT molecular complexity index is 2330. The molecule has 0 fully saturated rings. The standard InChI is InChI=1S/C45H27N3O/c1-47-43-40(37(29-46)41(31-15-5-2-6-16-31)48-42(43)32-17-7-3-8-18-32)30-25-27-34(28-26-30)45(33-19-9-4-10-20-33)38-23-13-11-21-35(38)44(49)36-22-12-14-24-39(36)45/h2-28H. The first-order valence-electron chi connectivity index (χ1n) is 16.0. The number of carbonyl (C=O) groups excluding carboxylic acids is 1. The van der Waals surface area contributed by atoms with Crippen molar-refractivity contribution in [2.24, 2.45) is 0 Å². The van der Waals surface area contributed by atoms with E-state index in [-0.39, 0.29) is 5.78 Å². The average Bonchev–Trinajstić information content (AvgIpc) is 3.18. The summed E-state index contributed by atoms with van der Waals surface area (Å²) in [6.45, 7) is 8.34. The number of nitrogens with zero attached hydrogens (tertiary/aromatic N) is 3. The largest absolute Gasteiger partial charge is 0.289 e. The molecule has 0 saturated carbocycles. The van der Waals surface area contributed by atoms with E-state index in [9.17, 15) is 10.1 Å². The Kier molecular flexibility index (Phi) is 7.26. The van der Waals surface area contributed by atoms with Crippen LogP contribution in [0.3, 0.4) is 0 Å². The predicted molar refractivity (Wildman–Crippen MR) is 193 cm³/mol. The summed E-state index contributed by atoms with van der Waals surface area (Å²) in [5.41, 5.74) is 9.01. The Morgan fingerprint density at radius 3 is 1.55 bits per heavy atom. The molecule has 0 N–H and O–H groups in total. The zero-order valence-corrected chi connectivity index (χ0v) is 26.3. The van der Waals surface area contributed by atoms with Crippen LogP contribution in [0.4, 0.5) is 5.69 Å². The molecule has 0 atom stereocenters. The molecule has 0 unspecified atom stereocenters. The summed E-state index contributed by atoms with van der Waals surface area (Å²) >= 11 is 0. The third-order valence-corrected chi connectivity index (χ3v) is 9.45. The molecular weight excluding hydrogens is 599 g/mol. The summed E-state index contributed by atoms with van der Waals surface area (Å²) in [5, 5.41) is 10.7. The number of aromatic nitrogens is 1. The van der Waals surface area contributed by atoms with E-state index in [2.05, 4.69) is 47.3 Å². The van der Waals surface area contributed by atoms with E-state index in [1.807, 2.05) is 127 Å². The van der Waals surface area contributed by atoms with Crippen molar-refractivity contribution in [2.75, 3.05) is 0 Å². The van der Waals surface area contributed by atoms with Gasteiger partial charge < -0.3 is 0 Å². The number of benzene rings is 6. The average molecular weight is 626 g/mol. The predicted octanol–water partition coefficient (Wildman–Crippen LogP) is 10.4. The number of rotatable bonds is 5. The highest BCUT2D eigenvalue weighted by molar-refractivity contribution is 6.14. The maximum atomic E-state index is 13.9. The van der Waals surface area contributed by atoms with Crippen molar-refractivity contribution in [1.29, 1.82) is 5.26 Å². The van der Waals surface area contributed by atoms with Crippen molar-refractivity contribution < 1.29 is 4.79 Å². The Morgan fingerprint density at radius 2 is 1.02 bits per heavy atom. The van der Waals surface area contributed by atoms with E-state index >= 15 is 0 Å². The fourth-order valence-corrected chi connectivity index (χ4v) is 7.35. The van der Waals surface area contributed by atoms with E-state index in [1.54, 1.807) is 0 Å². The van der Waals surface area contributed by atoms with Crippen LogP contribution in [-0.4, -0.2) is 10.8 Å². The number of carbonyl (C=O) groups is 1. The second-order valence-corrected chi connectivity index (χ2v) is 12.0. The molecule has 0 radical (unpaired) electrons. The van der Waals surface area contributed by atoms with Gasteiger partial charge in [-0.05, 0) is 33.4 Å². The highest BCUT2D eigenvalue weighted by Crippen LogP contribution is 2.51. The molecule has 8 rings (SSSR count). The smallest absolute Gasteiger partial charge is 0.221 e. The first-order chi connectivity index (χ1) is 24.2. The SMILES string of the molecule is [C-]#[N+]c1c(-c2ccccc2)nc(-c2ccccc2)c(C#N)c1-c1ccc(C2(c3ccccc3)c3ccccc3C(=O)c3ccccc32)cc1. The summed E-state index contributed by atoms with van der Waals surface area (Å²) in [4.78, 5) is 22.9. The van der Waals surface area contributed by atoms with Crippen molar-refractivity contribution in [2.45, 2.75) is 5.41 Å². The van der Waals surface area contributed by atoms with Gasteiger partial charge in [-0.15, -0.1) is 0 Å². The molecule has 49 heavy (non-hydrogen) atoms. The zero-order valence-electron chi connectivity index (χ0n) is 26.3. The minimum atomic E-state index is -0.787. The fraction of sp³-hybridized carbons (Fsp3) is 0.0222. The lowest BCUT2D eigenvalue weighted by Gasteiger charge is -2.41. The van der Waals surface area contributed by atoms with Crippen molar-refractivity contribution in [3.8, 4) is 39.7 Å². The van der Waals surface area contributed by atoms with Gasteiger partial charge in [0, 0.05) is 22.3 Å². The third-order valence-electron chi connectivity index (χ3n) is 9.45. The molecule has 1 heterocycles. The molecule has 0 saturated heterocycles. The Morgan fingerprint density at radius 1 is 0.551 bits per heavy atom. The second kappa shape index (κ2) is 12.0. The van der Waals surface area contributed by atoms with Gasteiger partial charge in [0.2, 0.25) is 5.69 Å². The maximum Gasteiger partial charge on any atom is 0.221 e. The van der Waals surface area contributed by atoms with Gasteiger partial charge in [-0.3, -0.25) is 9.78 Å². The van der Waals surface area contributed by atoms with Crippen molar-refractivity contribution in [1.82, 2.24) is 4.98 Å². The van der Waals surface area contributed by atoms with E-state index in [4.69, 9.17) is 11.6 Å². The molecule has 0 spiro atoms. The minimum absolute atomic E-state index is 0.00778. The van der Waals surface area contributed by atoms with Crippen LogP contribution in [0.5, 0.6) is 0 Å². The summed E-state index contributed by atoms with van der Waals surface area (Å²) in [5.74, 6) is 0.00778. The Balaban J connectivity index is 1.42. The van der Waals surface area contributed by atoms with Crippen LogP contribution in [0.15, 0.2) is 164 Å². The number of nitriles is 1. The summed E-state index contributed by atoms with van der Waals surface area (Å²) in [6, 6.07) is 55.9. The number of hydrogen-bond acceptors (Lipinski definition) is 3. The topological polar surface area (TPSA) is 58.1 Å². The van der Waals surface area contributed by atoms with Crippen LogP contribution in [0.25, 0.3) is 38.5 Å². The van der Waals surface area contributed by atoms with E-state index < -0.39 is 5.41 Å². The van der Waals surface area contributed by atoms with Gasteiger partial charge in [0.25, 0.3) is 0 Å². The fourth-order valence-electron chi connectivity index (χ4n) is 7.35. The molecule has 7 aromatic rings. The first-order valence-corrected chi connectivity index (χ1v) is 16.0. The lowest BCUT2D eigenvalue weighted by Crippen LogP contribution is -2.38. The Hall–Kier alpha value is -6.88. The van der Waals surface area contributed by atoms with Gasteiger partial charge in [0.1, 0.15) is 6.07 Å². The quantitative estimate of drug-likeness (QED) is 0.179. The number of hydrogen-bond donors (Lipinski definition) is 0. The monoisotopic (exact) mass is 625 g/mol. The molecule has 4 nitrogen and oxygen atoms in total. The van der Waals surface area contributed by atoms with Crippen molar-refractivity contribution in [3.63, 3.8) is 0 Å². The maximum absolute atomic E-state index is 13.9. The van der Waals surface area contributed by atoms with Crippen molar-refractivity contribution >= 4 is 11.5 Å². The lowest BCUT2D eigenvalue weighted by atomic mass is 9.59. The van der Waals surface area contributed by atoms with Gasteiger partial charge in [0.15, 0.2) is 5.78 Å². The van der Waals surface area contributed by atoms with Crippen LogP contribution in [0, 0.1) is 17.9 Å². The third kappa shape index (κ3) is 4.59. The van der Waals surface area contributed by atoms with Gasteiger partial charge in [-0.1, -0.05) is 164 Å². The van der Waals surface area contributed by atoms with E-state index in [0.717, 1.165) is 38.9 Å². The molecule has 4 heteroatoms. The van der Waals surface area contributed by atoms with Crippen LogP contribution < -0.4 is 0 Å². The number of fused-ring (bicyclic) bond motifs is 2. The minimum Gasteiger partial charge on any atom is -0.289 e. The summed E-state index contributed by atoms with van der Waals surface area (Å²) in [7, 11) is 0. The molecular formula is C45H27N3O. The summed E-state index contributed by atoms with van der Waals surface area (Å²) in [6.07, 6.45) is 0. The number of pyridine rings is 1. The zero-order chi connectivity index (χ0) is 33.4. The van der Waals surface area contributed by atoms with E-state index in [0.29, 0.717) is 39.3 Å². The second-order valence-electron chi connectivity index (χ2n) is 12.0. The molecule has 0 aliphatic heterocycles. The van der Waals surface area contributed by atoms with Gasteiger partial charge in [0.05, 0.1) is 28.9 Å². The van der Waals surface area contributed by atoms with Crippen LogP contribution >= 0.6 is 0 Å². The van der Waals surface area contributed by atoms with Gasteiger partial charge in [-0.2, -0.15) is 5.26 Å². The molecule has 1 aliphatic rings. The molecule has 1 aromatic heterocycles. The highest BCUT2D eigenvalue weighted by atomic mass is 16.1. The van der Waals surface area contributed by atoms with Crippen LogP contribution in [-0.2, 0) is 5.41 Å². The molecule has 0 bridgehead atoms. The summed E-state index contributed by atoms with van der Waals surface area (Å²) < 4.78 is 0. The lowest BCUT2D eigenvalue weighted by molar-refractivity contribution is 0.103. The Labute approximate surface area is 285 Å². The molecule has 6 aromatic carbocycles. The van der Waals surface area contributed by atoms with Gasteiger partial charge >= 0.3 is 0 Å². The van der Waals surface area contributed by atoms with Crippen LogP contribution in [0.2, 0.25) is 0 Å². The molecule has 228 valence electrons. The normalized spacial score (nSPS) is 12.7. The van der Waals surface area contributed by atoms with Crippen LogP contribution in [0.1, 0.15) is 43.7 Å². The molecule has 0 amide bonds. The van der Waals surface area contributed by atoms with E-state index in [1.165, 1.54) is 0 Å². The highest BCUT2D eigenvalue weighted by Gasteiger charge is 2.46. The van der Waals surface area contributed by atoms with Crippen molar-refractivity contribution in [3.05, 3.63) is 214 Å². The number of ketones is 1. The first kappa shape index (κ1) is 29.5. The molecule has 1 aliphatic carbocycles. The van der Waals surface area contributed by atoms with Gasteiger partial charge in [-0.25, -0.2) is 4.85 Å².